The molecule has 0 saturated heterocycles. The van der Waals surface area contributed by atoms with Gasteiger partial charge in [-0.15, -0.1) is 0 Å². The molecule has 1 unspecified atom stereocenters. The third-order valence-electron chi connectivity index (χ3n) is 2.70. The largest absolute Gasteiger partial charge is 0.372 e. The molecular formula is C12H19N5S. The average molecular weight is 265 g/mol. The molecule has 2 N–H and O–H groups in total. The lowest BCUT2D eigenvalue weighted by Crippen LogP contribution is -2.15. The van der Waals surface area contributed by atoms with Gasteiger partial charge in [0, 0.05) is 26.0 Å². The maximum Gasteiger partial charge on any atom is 0.180 e. The minimum atomic E-state index is 0.607. The molecule has 0 aromatic carbocycles. The second kappa shape index (κ2) is 5.95. The van der Waals surface area contributed by atoms with E-state index >= 15 is 0 Å². The monoisotopic (exact) mass is 265 g/mol. The van der Waals surface area contributed by atoms with Crippen LogP contribution in [0, 0.1) is 5.92 Å². The Morgan fingerprint density at radius 1 is 1.50 bits per heavy atom. The van der Waals surface area contributed by atoms with Gasteiger partial charge in [0.1, 0.15) is 5.82 Å². The first-order chi connectivity index (χ1) is 8.74. The molecule has 2 heterocycles. The Labute approximate surface area is 111 Å². The summed E-state index contributed by atoms with van der Waals surface area (Å²) in [5.74, 6) is 3.42. The van der Waals surface area contributed by atoms with Crippen LogP contribution >= 0.6 is 11.8 Å². The standard InChI is InChI=1S/C12H19N5S/c1-9(8-18-3)6-15-11-12-14-4-5-17(12)7-10(13-2)16-11/h4-5,7,9,13H,6,8H2,1-3H3,(H,15,16). The van der Waals surface area contributed by atoms with Crippen molar-refractivity contribution in [3.8, 4) is 0 Å². The number of anilines is 2. The van der Waals surface area contributed by atoms with E-state index in [0.29, 0.717) is 5.92 Å². The lowest BCUT2D eigenvalue weighted by Gasteiger charge is -2.13. The molecule has 6 heteroatoms. The molecule has 0 saturated carbocycles. The average Bonchev–Trinajstić information content (AvgIpc) is 2.84. The zero-order valence-corrected chi connectivity index (χ0v) is 11.8. The number of fused-ring (bicyclic) bond motifs is 1. The molecule has 1 atom stereocenters. The fourth-order valence-electron chi connectivity index (χ4n) is 1.79. The van der Waals surface area contributed by atoms with E-state index in [0.717, 1.165) is 29.6 Å². The van der Waals surface area contributed by atoms with Crippen LogP contribution in [0.5, 0.6) is 0 Å². The Morgan fingerprint density at radius 3 is 3.06 bits per heavy atom. The lowest BCUT2D eigenvalue weighted by molar-refractivity contribution is 0.699. The first kappa shape index (κ1) is 13.0. The van der Waals surface area contributed by atoms with Gasteiger partial charge in [-0.2, -0.15) is 11.8 Å². The molecule has 2 aromatic heterocycles. The summed E-state index contributed by atoms with van der Waals surface area (Å²) < 4.78 is 1.97. The van der Waals surface area contributed by atoms with Gasteiger partial charge in [-0.05, 0) is 17.9 Å². The van der Waals surface area contributed by atoms with Crippen molar-refractivity contribution in [2.45, 2.75) is 6.92 Å². The summed E-state index contributed by atoms with van der Waals surface area (Å²) >= 11 is 1.86. The van der Waals surface area contributed by atoms with Crippen molar-refractivity contribution in [2.75, 3.05) is 36.2 Å². The van der Waals surface area contributed by atoms with Crippen LogP contribution in [0.3, 0.4) is 0 Å². The van der Waals surface area contributed by atoms with E-state index in [1.54, 1.807) is 6.20 Å². The van der Waals surface area contributed by atoms with E-state index in [2.05, 4.69) is 33.8 Å². The SMILES string of the molecule is CNc1cn2ccnc2c(NCC(C)CSC)n1. The maximum absolute atomic E-state index is 4.51. The smallest absolute Gasteiger partial charge is 0.180 e. The van der Waals surface area contributed by atoms with Gasteiger partial charge in [0.25, 0.3) is 0 Å². The second-order valence-corrected chi connectivity index (χ2v) is 5.23. The number of nitrogens with one attached hydrogen (secondary N) is 2. The van der Waals surface area contributed by atoms with Crippen LogP contribution in [0.1, 0.15) is 6.92 Å². The fourth-order valence-corrected chi connectivity index (χ4v) is 2.47. The number of hydrogen-bond acceptors (Lipinski definition) is 5. The van der Waals surface area contributed by atoms with Crippen molar-refractivity contribution in [2.24, 2.45) is 5.92 Å². The molecule has 0 aliphatic carbocycles. The molecule has 2 rings (SSSR count). The number of thioether (sulfide) groups is 1. The highest BCUT2D eigenvalue weighted by Gasteiger charge is 2.08. The molecule has 2 aromatic rings. The van der Waals surface area contributed by atoms with E-state index in [4.69, 9.17) is 0 Å². The Bertz CT molecular complexity index is 510. The van der Waals surface area contributed by atoms with Gasteiger partial charge < -0.3 is 15.0 Å². The third kappa shape index (κ3) is 2.87. The fraction of sp³-hybridized carbons (Fsp3) is 0.500. The Kier molecular flexibility index (Phi) is 4.30. The predicted molar refractivity (Wildman–Crippen MR) is 78.6 cm³/mol. The molecule has 5 nitrogen and oxygen atoms in total. The maximum atomic E-state index is 4.51. The summed E-state index contributed by atoms with van der Waals surface area (Å²) in [6.45, 7) is 3.14. The summed E-state index contributed by atoms with van der Waals surface area (Å²) in [7, 11) is 1.87. The Hall–Kier alpha value is -1.43. The highest BCUT2D eigenvalue weighted by Crippen LogP contribution is 2.16. The van der Waals surface area contributed by atoms with Crippen LogP contribution < -0.4 is 10.6 Å². The zero-order chi connectivity index (χ0) is 13.0. The molecule has 0 fully saturated rings. The molecule has 98 valence electrons. The molecule has 0 amide bonds. The van der Waals surface area contributed by atoms with E-state index in [1.807, 2.05) is 35.6 Å². The molecular weight excluding hydrogens is 246 g/mol. The number of hydrogen-bond donors (Lipinski definition) is 2. The topological polar surface area (TPSA) is 54.2 Å². The van der Waals surface area contributed by atoms with Crippen molar-refractivity contribution in [1.29, 1.82) is 0 Å². The number of aromatic nitrogens is 3. The van der Waals surface area contributed by atoms with Gasteiger partial charge in [-0.3, -0.25) is 0 Å². The Balaban J connectivity index is 2.18. The molecule has 0 bridgehead atoms. The second-order valence-electron chi connectivity index (χ2n) is 4.32. The van der Waals surface area contributed by atoms with Crippen LogP contribution in [-0.4, -0.2) is 40.0 Å². The predicted octanol–water partition coefficient (Wildman–Crippen LogP) is 2.18. The van der Waals surface area contributed by atoms with Gasteiger partial charge in [0.05, 0.1) is 6.20 Å². The normalized spacial score (nSPS) is 12.6. The number of rotatable bonds is 6. The molecule has 0 spiro atoms. The van der Waals surface area contributed by atoms with E-state index < -0.39 is 0 Å². The summed E-state index contributed by atoms with van der Waals surface area (Å²) in [6, 6.07) is 0. The highest BCUT2D eigenvalue weighted by atomic mass is 32.2. The third-order valence-corrected chi connectivity index (χ3v) is 3.60. The van der Waals surface area contributed by atoms with Gasteiger partial charge in [0.2, 0.25) is 0 Å². The van der Waals surface area contributed by atoms with Gasteiger partial charge in [0.15, 0.2) is 11.5 Å². The molecule has 0 aliphatic rings. The van der Waals surface area contributed by atoms with Crippen LogP contribution in [0.2, 0.25) is 0 Å². The van der Waals surface area contributed by atoms with Gasteiger partial charge in [-0.1, -0.05) is 6.92 Å². The highest BCUT2D eigenvalue weighted by molar-refractivity contribution is 7.98. The summed E-state index contributed by atoms with van der Waals surface area (Å²) in [5.41, 5.74) is 0.866. The van der Waals surface area contributed by atoms with Gasteiger partial charge >= 0.3 is 0 Å². The van der Waals surface area contributed by atoms with E-state index in [9.17, 15) is 0 Å². The lowest BCUT2D eigenvalue weighted by atomic mass is 10.2. The summed E-state index contributed by atoms with van der Waals surface area (Å²) in [6.07, 6.45) is 7.77. The van der Waals surface area contributed by atoms with Crippen molar-refractivity contribution >= 4 is 29.0 Å². The minimum absolute atomic E-state index is 0.607. The summed E-state index contributed by atoms with van der Waals surface area (Å²) in [5, 5.41) is 6.44. The first-order valence-corrected chi connectivity index (χ1v) is 7.38. The molecule has 0 aliphatic heterocycles. The van der Waals surface area contributed by atoms with Gasteiger partial charge in [-0.25, -0.2) is 9.97 Å². The first-order valence-electron chi connectivity index (χ1n) is 5.99. The van der Waals surface area contributed by atoms with Crippen LogP contribution in [0.25, 0.3) is 5.65 Å². The zero-order valence-electron chi connectivity index (χ0n) is 11.0. The van der Waals surface area contributed by atoms with Crippen LogP contribution in [0.15, 0.2) is 18.6 Å². The quantitative estimate of drug-likeness (QED) is 0.838. The van der Waals surface area contributed by atoms with E-state index in [-0.39, 0.29) is 0 Å². The molecule has 0 radical (unpaired) electrons. The van der Waals surface area contributed by atoms with Crippen molar-refractivity contribution < 1.29 is 0 Å². The van der Waals surface area contributed by atoms with Crippen molar-refractivity contribution in [1.82, 2.24) is 14.4 Å². The minimum Gasteiger partial charge on any atom is -0.372 e. The van der Waals surface area contributed by atoms with Crippen LogP contribution in [-0.2, 0) is 0 Å². The summed E-state index contributed by atoms with van der Waals surface area (Å²) in [4.78, 5) is 8.83. The van der Waals surface area contributed by atoms with E-state index in [1.165, 1.54) is 0 Å². The number of imidazole rings is 1. The van der Waals surface area contributed by atoms with Crippen molar-refractivity contribution in [3.05, 3.63) is 18.6 Å². The number of nitrogens with zero attached hydrogens (tertiary/aromatic N) is 3. The molecule has 18 heavy (non-hydrogen) atoms. The van der Waals surface area contributed by atoms with Crippen LogP contribution in [0.4, 0.5) is 11.6 Å². The Morgan fingerprint density at radius 2 is 2.33 bits per heavy atom. The van der Waals surface area contributed by atoms with Crippen molar-refractivity contribution in [3.63, 3.8) is 0 Å².